The molecule has 1 aromatic carbocycles. The molecular formula is C25H30N6O3. The number of piperidine rings is 1. The van der Waals surface area contributed by atoms with Gasteiger partial charge < -0.3 is 20.3 Å². The molecule has 9 nitrogen and oxygen atoms in total. The highest BCUT2D eigenvalue weighted by Gasteiger charge is 2.25. The van der Waals surface area contributed by atoms with Gasteiger partial charge in [0.2, 0.25) is 0 Å². The van der Waals surface area contributed by atoms with E-state index in [1.54, 1.807) is 10.8 Å². The molecule has 0 aliphatic carbocycles. The molecule has 2 aliphatic heterocycles. The molecule has 2 saturated heterocycles. The average Bonchev–Trinajstić information content (AvgIpc) is 3.39. The smallest absolute Gasteiger partial charge is 0.315 e. The van der Waals surface area contributed by atoms with Crippen molar-refractivity contribution in [1.82, 2.24) is 25.2 Å². The Morgan fingerprint density at radius 1 is 1.09 bits per heavy atom. The summed E-state index contributed by atoms with van der Waals surface area (Å²) < 4.78 is 7.26. The number of pyridine rings is 1. The fourth-order valence-electron chi connectivity index (χ4n) is 4.67. The van der Waals surface area contributed by atoms with Crippen LogP contribution in [-0.2, 0) is 11.3 Å². The van der Waals surface area contributed by atoms with Gasteiger partial charge in [-0.1, -0.05) is 30.3 Å². The Labute approximate surface area is 198 Å². The molecule has 178 valence electrons. The maximum absolute atomic E-state index is 13.5. The van der Waals surface area contributed by atoms with Gasteiger partial charge in [0.15, 0.2) is 11.5 Å². The Morgan fingerprint density at radius 2 is 1.91 bits per heavy atom. The Balaban J connectivity index is 1.27. The van der Waals surface area contributed by atoms with E-state index in [0.717, 1.165) is 37.9 Å². The molecule has 3 aromatic rings. The van der Waals surface area contributed by atoms with Gasteiger partial charge >= 0.3 is 6.03 Å². The van der Waals surface area contributed by atoms with Crippen LogP contribution >= 0.6 is 0 Å². The van der Waals surface area contributed by atoms with Gasteiger partial charge in [-0.25, -0.2) is 14.8 Å². The van der Waals surface area contributed by atoms with Crippen molar-refractivity contribution in [3.63, 3.8) is 0 Å². The monoisotopic (exact) mass is 462 g/mol. The summed E-state index contributed by atoms with van der Waals surface area (Å²) in [6, 6.07) is 13.5. The minimum Gasteiger partial charge on any atom is -0.376 e. The quantitative estimate of drug-likeness (QED) is 0.583. The van der Waals surface area contributed by atoms with E-state index >= 15 is 0 Å². The van der Waals surface area contributed by atoms with Gasteiger partial charge in [-0.2, -0.15) is 0 Å². The number of hydrogen-bond donors (Lipinski definition) is 2. The highest BCUT2D eigenvalue weighted by molar-refractivity contribution is 5.74. The van der Waals surface area contributed by atoms with E-state index in [2.05, 4.69) is 20.6 Å². The molecule has 2 amide bonds. The molecule has 2 N–H and O–H groups in total. The summed E-state index contributed by atoms with van der Waals surface area (Å²) in [5.74, 6) is 0.442. The first kappa shape index (κ1) is 22.3. The second kappa shape index (κ2) is 10.2. The van der Waals surface area contributed by atoms with E-state index in [1.807, 2.05) is 47.4 Å². The molecule has 5 rings (SSSR count). The zero-order valence-corrected chi connectivity index (χ0v) is 19.2. The predicted molar refractivity (Wildman–Crippen MR) is 130 cm³/mol. The number of urea groups is 1. The van der Waals surface area contributed by atoms with Crippen LogP contribution in [-0.4, -0.2) is 59.0 Å². The molecular weight excluding hydrogens is 432 g/mol. The number of carbonyl (C=O) groups is 1. The lowest BCUT2D eigenvalue weighted by Gasteiger charge is -2.33. The first-order valence-corrected chi connectivity index (χ1v) is 12.0. The zero-order valence-electron chi connectivity index (χ0n) is 19.2. The van der Waals surface area contributed by atoms with Crippen LogP contribution in [0.4, 0.5) is 10.6 Å². The van der Waals surface area contributed by atoms with Crippen LogP contribution in [0.1, 0.15) is 31.2 Å². The molecule has 34 heavy (non-hydrogen) atoms. The molecule has 2 aliphatic rings. The fraction of sp³-hybridized carbons (Fsp3) is 0.440. The lowest BCUT2D eigenvalue weighted by atomic mass is 10.1. The van der Waals surface area contributed by atoms with E-state index in [4.69, 9.17) is 4.74 Å². The first-order chi connectivity index (χ1) is 16.7. The average molecular weight is 463 g/mol. The summed E-state index contributed by atoms with van der Waals surface area (Å²) >= 11 is 0. The summed E-state index contributed by atoms with van der Waals surface area (Å²) in [5.41, 5.74) is 2.17. The number of ether oxygens (including phenoxy) is 1. The predicted octanol–water partition coefficient (Wildman–Crippen LogP) is 2.29. The maximum Gasteiger partial charge on any atom is 0.315 e. The van der Waals surface area contributed by atoms with E-state index in [0.29, 0.717) is 43.2 Å². The largest absolute Gasteiger partial charge is 0.376 e. The van der Waals surface area contributed by atoms with Crippen LogP contribution in [0.2, 0.25) is 0 Å². The topological polar surface area (TPSA) is 101 Å². The van der Waals surface area contributed by atoms with Crippen molar-refractivity contribution >= 4 is 23.0 Å². The summed E-state index contributed by atoms with van der Waals surface area (Å²) in [6.07, 6.45) is 5.36. The lowest BCUT2D eigenvalue weighted by molar-refractivity contribution is 0.111. The Bertz CT molecular complexity index is 1180. The molecule has 2 fully saturated rings. The van der Waals surface area contributed by atoms with Crippen LogP contribution < -0.4 is 21.1 Å². The zero-order chi connectivity index (χ0) is 23.3. The fourth-order valence-corrected chi connectivity index (χ4v) is 4.67. The molecule has 0 unspecified atom stereocenters. The van der Waals surface area contributed by atoms with Crippen molar-refractivity contribution in [2.45, 2.75) is 44.4 Å². The number of aromatic nitrogens is 3. The summed E-state index contributed by atoms with van der Waals surface area (Å²) in [4.78, 5) is 36.9. The van der Waals surface area contributed by atoms with E-state index in [-0.39, 0.29) is 23.7 Å². The molecule has 4 heterocycles. The number of rotatable bonds is 6. The molecule has 1 atom stereocenters. The maximum atomic E-state index is 13.5. The van der Waals surface area contributed by atoms with E-state index in [9.17, 15) is 9.59 Å². The van der Waals surface area contributed by atoms with Crippen molar-refractivity contribution in [2.24, 2.45) is 0 Å². The van der Waals surface area contributed by atoms with Gasteiger partial charge in [0.25, 0.3) is 5.56 Å². The summed E-state index contributed by atoms with van der Waals surface area (Å²) in [5, 5.41) is 5.97. The van der Waals surface area contributed by atoms with Crippen LogP contribution in [0.5, 0.6) is 0 Å². The molecule has 0 bridgehead atoms. The number of nitrogens with zero attached hydrogens (tertiary/aromatic N) is 4. The van der Waals surface area contributed by atoms with Gasteiger partial charge in [0.05, 0.1) is 12.6 Å². The molecule has 2 aromatic heterocycles. The number of anilines is 1. The third-order valence-electron chi connectivity index (χ3n) is 6.51. The number of nitrogens with one attached hydrogen (secondary N) is 2. The van der Waals surface area contributed by atoms with Crippen LogP contribution in [0.3, 0.4) is 0 Å². The highest BCUT2D eigenvalue weighted by atomic mass is 16.5. The van der Waals surface area contributed by atoms with Gasteiger partial charge in [0, 0.05) is 38.5 Å². The second-order valence-corrected chi connectivity index (χ2v) is 8.91. The van der Waals surface area contributed by atoms with Crippen LogP contribution in [0.15, 0.2) is 53.5 Å². The van der Waals surface area contributed by atoms with E-state index in [1.165, 1.54) is 0 Å². The molecule has 0 saturated carbocycles. The number of hydrogen-bond acceptors (Lipinski definition) is 6. The van der Waals surface area contributed by atoms with Gasteiger partial charge in [-0.3, -0.25) is 9.36 Å². The number of amides is 2. The third-order valence-corrected chi connectivity index (χ3v) is 6.51. The SMILES string of the molecule is O=C(NC[C@H]1CCCO1)NC1CCN(c2nc3cccnc3n(Cc3ccccc3)c2=O)CC1. The minimum atomic E-state index is -0.158. The standard InChI is InChI=1S/C25H30N6O3/c32-24-23(29-21-9-4-12-26-22(21)31(24)17-18-6-2-1-3-7-18)30-13-10-19(11-14-30)28-25(33)27-16-20-8-5-15-34-20/h1-4,6-7,9,12,19-20H,5,8,10-11,13-17H2,(H2,27,28,33)/t20-/m1/s1. The normalized spacial score (nSPS) is 18.8. The van der Waals surface area contributed by atoms with Crippen molar-refractivity contribution < 1.29 is 9.53 Å². The Kier molecular flexibility index (Phi) is 6.71. The summed E-state index contributed by atoms with van der Waals surface area (Å²) in [7, 11) is 0. The van der Waals surface area contributed by atoms with Crippen molar-refractivity contribution in [3.8, 4) is 0 Å². The van der Waals surface area contributed by atoms with Crippen molar-refractivity contribution in [2.75, 3.05) is 31.1 Å². The minimum absolute atomic E-state index is 0.0643. The molecule has 9 heteroatoms. The second-order valence-electron chi connectivity index (χ2n) is 8.91. The number of benzene rings is 1. The Hall–Kier alpha value is -3.46. The van der Waals surface area contributed by atoms with Crippen LogP contribution in [0.25, 0.3) is 11.2 Å². The Morgan fingerprint density at radius 3 is 2.68 bits per heavy atom. The number of fused-ring (bicyclic) bond motifs is 1. The van der Waals surface area contributed by atoms with Crippen LogP contribution in [0, 0.1) is 0 Å². The third kappa shape index (κ3) is 5.04. The number of carbonyl (C=O) groups excluding carboxylic acids is 1. The van der Waals surface area contributed by atoms with Gasteiger partial charge in [0.1, 0.15) is 5.52 Å². The highest BCUT2D eigenvalue weighted by Crippen LogP contribution is 2.19. The summed E-state index contributed by atoms with van der Waals surface area (Å²) in [6.45, 7) is 3.05. The van der Waals surface area contributed by atoms with Crippen molar-refractivity contribution in [1.29, 1.82) is 0 Å². The van der Waals surface area contributed by atoms with E-state index < -0.39 is 0 Å². The van der Waals surface area contributed by atoms with Crippen molar-refractivity contribution in [3.05, 3.63) is 64.6 Å². The lowest BCUT2D eigenvalue weighted by Crippen LogP contribution is -2.50. The van der Waals surface area contributed by atoms with Gasteiger partial charge in [-0.05, 0) is 43.4 Å². The molecule has 0 spiro atoms. The first-order valence-electron chi connectivity index (χ1n) is 12.0. The molecule has 0 radical (unpaired) electrons. The van der Waals surface area contributed by atoms with Gasteiger partial charge in [-0.15, -0.1) is 0 Å².